The topological polar surface area (TPSA) is 136 Å². The molecule has 0 unspecified atom stereocenters. The van der Waals surface area contributed by atoms with Gasteiger partial charge in [-0.3, -0.25) is 14.9 Å². The SMILES string of the molecule is C/C(N)=C(\C#N)C(=O)COC(=O)c1cccc([N+](=O)[O-])c1. The van der Waals surface area contributed by atoms with Crippen LogP contribution in [0.5, 0.6) is 0 Å². The lowest BCUT2D eigenvalue weighted by molar-refractivity contribution is -0.384. The fourth-order valence-corrected chi connectivity index (χ4v) is 1.40. The van der Waals surface area contributed by atoms with Crippen LogP contribution >= 0.6 is 0 Å². The van der Waals surface area contributed by atoms with Crippen LogP contribution in [0.15, 0.2) is 35.5 Å². The lowest BCUT2D eigenvalue weighted by Crippen LogP contribution is -2.17. The van der Waals surface area contributed by atoms with E-state index < -0.39 is 23.3 Å². The van der Waals surface area contributed by atoms with Gasteiger partial charge < -0.3 is 10.5 Å². The van der Waals surface area contributed by atoms with Crippen molar-refractivity contribution in [3.05, 3.63) is 51.2 Å². The first-order chi connectivity index (χ1) is 9.86. The molecule has 0 saturated heterocycles. The van der Waals surface area contributed by atoms with Crippen molar-refractivity contribution in [2.45, 2.75) is 6.92 Å². The standard InChI is InChI=1S/C13H11N3O5/c1-8(15)11(6-14)12(17)7-21-13(18)9-3-2-4-10(5-9)16(19)20/h2-5H,7,15H2,1H3/b11-8-. The van der Waals surface area contributed by atoms with Crippen LogP contribution in [0.4, 0.5) is 5.69 Å². The normalized spacial score (nSPS) is 11.0. The Bertz CT molecular complexity index is 669. The van der Waals surface area contributed by atoms with Gasteiger partial charge in [0.15, 0.2) is 6.61 Å². The van der Waals surface area contributed by atoms with E-state index in [2.05, 4.69) is 0 Å². The molecule has 0 saturated carbocycles. The highest BCUT2D eigenvalue weighted by atomic mass is 16.6. The quantitative estimate of drug-likeness (QED) is 0.281. The van der Waals surface area contributed by atoms with Crippen LogP contribution in [0, 0.1) is 21.4 Å². The molecule has 0 aromatic heterocycles. The summed E-state index contributed by atoms with van der Waals surface area (Å²) in [7, 11) is 0. The second-order valence-corrected chi connectivity index (χ2v) is 3.98. The van der Waals surface area contributed by atoms with Crippen molar-refractivity contribution in [2.24, 2.45) is 5.73 Å². The fourth-order valence-electron chi connectivity index (χ4n) is 1.40. The Morgan fingerprint density at radius 2 is 2.14 bits per heavy atom. The maximum absolute atomic E-state index is 11.7. The van der Waals surface area contributed by atoms with E-state index in [9.17, 15) is 19.7 Å². The molecule has 1 aromatic rings. The highest BCUT2D eigenvalue weighted by Crippen LogP contribution is 2.14. The Kier molecular flexibility index (Phi) is 5.14. The number of esters is 1. The molecular formula is C13H11N3O5. The van der Waals surface area contributed by atoms with Gasteiger partial charge in [-0.2, -0.15) is 5.26 Å². The highest BCUT2D eigenvalue weighted by Gasteiger charge is 2.17. The van der Waals surface area contributed by atoms with Crippen LogP contribution in [0.1, 0.15) is 17.3 Å². The summed E-state index contributed by atoms with van der Waals surface area (Å²) in [6.45, 7) is 0.706. The van der Waals surface area contributed by atoms with Crippen LogP contribution < -0.4 is 5.73 Å². The first kappa shape index (κ1) is 15.8. The number of non-ortho nitro benzene ring substituents is 1. The highest BCUT2D eigenvalue weighted by molar-refractivity contribution is 6.02. The Labute approximate surface area is 119 Å². The number of nitrogens with two attached hydrogens (primary N) is 1. The molecule has 0 aliphatic rings. The van der Waals surface area contributed by atoms with Crippen LogP contribution in [0.2, 0.25) is 0 Å². The zero-order valence-corrected chi connectivity index (χ0v) is 11.0. The molecule has 108 valence electrons. The van der Waals surface area contributed by atoms with Crippen molar-refractivity contribution in [1.82, 2.24) is 0 Å². The van der Waals surface area contributed by atoms with Crippen molar-refractivity contribution >= 4 is 17.4 Å². The van der Waals surface area contributed by atoms with E-state index >= 15 is 0 Å². The third-order valence-electron chi connectivity index (χ3n) is 2.41. The van der Waals surface area contributed by atoms with Gasteiger partial charge in [-0.25, -0.2) is 4.79 Å². The molecule has 21 heavy (non-hydrogen) atoms. The zero-order chi connectivity index (χ0) is 16.0. The van der Waals surface area contributed by atoms with Gasteiger partial charge in [0.1, 0.15) is 11.6 Å². The molecular weight excluding hydrogens is 278 g/mol. The van der Waals surface area contributed by atoms with Crippen LogP contribution in [0.25, 0.3) is 0 Å². The van der Waals surface area contributed by atoms with Crippen molar-refractivity contribution < 1.29 is 19.2 Å². The Morgan fingerprint density at radius 3 is 2.67 bits per heavy atom. The minimum Gasteiger partial charge on any atom is -0.454 e. The predicted molar refractivity (Wildman–Crippen MR) is 70.9 cm³/mol. The van der Waals surface area contributed by atoms with Crippen molar-refractivity contribution in [1.29, 1.82) is 5.26 Å². The molecule has 2 N–H and O–H groups in total. The number of ether oxygens (including phenoxy) is 1. The summed E-state index contributed by atoms with van der Waals surface area (Å²) in [5.74, 6) is -1.64. The first-order valence-electron chi connectivity index (χ1n) is 5.68. The van der Waals surface area contributed by atoms with E-state index in [1.807, 2.05) is 0 Å². The van der Waals surface area contributed by atoms with Crippen molar-refractivity contribution in [3.8, 4) is 6.07 Å². The molecule has 0 fully saturated rings. The third-order valence-corrected chi connectivity index (χ3v) is 2.41. The maximum Gasteiger partial charge on any atom is 0.338 e. The minimum atomic E-state index is -0.904. The molecule has 1 aromatic carbocycles. The second-order valence-electron chi connectivity index (χ2n) is 3.98. The number of carbonyl (C=O) groups is 2. The summed E-state index contributed by atoms with van der Waals surface area (Å²) >= 11 is 0. The van der Waals surface area contributed by atoms with E-state index in [-0.39, 0.29) is 22.5 Å². The Hall–Kier alpha value is -3.21. The first-order valence-corrected chi connectivity index (χ1v) is 5.68. The van der Waals surface area contributed by atoms with Gasteiger partial charge in [0.05, 0.1) is 10.5 Å². The predicted octanol–water partition coefficient (Wildman–Crippen LogP) is 1.08. The largest absolute Gasteiger partial charge is 0.454 e. The number of nitro benzene ring substituents is 1. The summed E-state index contributed by atoms with van der Waals surface area (Å²) in [5.41, 5.74) is 4.73. The zero-order valence-electron chi connectivity index (χ0n) is 11.0. The lowest BCUT2D eigenvalue weighted by atomic mass is 10.1. The number of carbonyl (C=O) groups excluding carboxylic acids is 2. The number of nitrogens with zero attached hydrogens (tertiary/aromatic N) is 2. The third kappa shape index (κ3) is 4.14. The summed E-state index contributed by atoms with van der Waals surface area (Å²) < 4.78 is 4.71. The number of Topliss-reactive ketones (excluding diaryl/α,β-unsaturated/α-hetero) is 1. The van der Waals surface area contributed by atoms with Gasteiger partial charge in [-0.05, 0) is 13.0 Å². The summed E-state index contributed by atoms with van der Waals surface area (Å²) in [6.07, 6.45) is 0. The number of allylic oxidation sites excluding steroid dienone is 1. The average molecular weight is 289 g/mol. The number of ketones is 1. The smallest absolute Gasteiger partial charge is 0.338 e. The van der Waals surface area contributed by atoms with Gasteiger partial charge in [-0.1, -0.05) is 6.07 Å². The van der Waals surface area contributed by atoms with Gasteiger partial charge in [0.25, 0.3) is 5.69 Å². The lowest BCUT2D eigenvalue weighted by Gasteiger charge is -2.04. The number of hydrogen-bond acceptors (Lipinski definition) is 7. The number of nitriles is 1. The molecule has 0 aliphatic heterocycles. The number of nitro groups is 1. The van der Waals surface area contributed by atoms with E-state index in [0.29, 0.717) is 0 Å². The molecule has 0 amide bonds. The molecule has 0 heterocycles. The molecule has 1 rings (SSSR count). The monoisotopic (exact) mass is 289 g/mol. The number of benzene rings is 1. The Morgan fingerprint density at radius 1 is 1.48 bits per heavy atom. The number of rotatable bonds is 5. The van der Waals surface area contributed by atoms with Crippen molar-refractivity contribution in [2.75, 3.05) is 6.61 Å². The van der Waals surface area contributed by atoms with E-state index in [0.717, 1.165) is 6.07 Å². The van der Waals surface area contributed by atoms with E-state index in [1.165, 1.54) is 25.1 Å². The van der Waals surface area contributed by atoms with Crippen LogP contribution in [-0.4, -0.2) is 23.3 Å². The Balaban J connectivity index is 2.78. The van der Waals surface area contributed by atoms with Crippen molar-refractivity contribution in [3.63, 3.8) is 0 Å². The molecule has 0 aliphatic carbocycles. The van der Waals surface area contributed by atoms with E-state index in [1.54, 1.807) is 6.07 Å². The summed E-state index contributed by atoms with van der Waals surface area (Å²) in [5, 5.41) is 19.3. The molecule has 8 heteroatoms. The minimum absolute atomic E-state index is 0.0221. The fraction of sp³-hybridized carbons (Fsp3) is 0.154. The van der Waals surface area contributed by atoms with E-state index in [4.69, 9.17) is 15.7 Å². The average Bonchev–Trinajstić information content (AvgIpc) is 2.45. The second kappa shape index (κ2) is 6.81. The molecule has 0 bridgehead atoms. The summed E-state index contributed by atoms with van der Waals surface area (Å²) in [4.78, 5) is 33.2. The molecule has 0 spiro atoms. The van der Waals surface area contributed by atoms with Crippen LogP contribution in [0.3, 0.4) is 0 Å². The van der Waals surface area contributed by atoms with Crippen LogP contribution in [-0.2, 0) is 9.53 Å². The summed E-state index contributed by atoms with van der Waals surface area (Å²) in [6, 6.07) is 6.50. The molecule has 0 radical (unpaired) electrons. The van der Waals surface area contributed by atoms with Gasteiger partial charge in [0.2, 0.25) is 5.78 Å². The molecule has 8 nitrogen and oxygen atoms in total. The molecule has 0 atom stereocenters. The maximum atomic E-state index is 11.7. The number of hydrogen-bond donors (Lipinski definition) is 1. The van der Waals surface area contributed by atoms with Gasteiger partial charge in [0, 0.05) is 17.8 Å². The van der Waals surface area contributed by atoms with Gasteiger partial charge >= 0.3 is 5.97 Å². The van der Waals surface area contributed by atoms with Gasteiger partial charge in [-0.15, -0.1) is 0 Å².